The molecular weight excluding hydrogens is 188 g/mol. The van der Waals surface area contributed by atoms with E-state index in [1.54, 1.807) is 6.08 Å². The highest BCUT2D eigenvalue weighted by atomic mass is 16.5. The fourth-order valence-corrected chi connectivity index (χ4v) is 1.25. The van der Waals surface area contributed by atoms with Crippen LogP contribution in [0.3, 0.4) is 0 Å². The van der Waals surface area contributed by atoms with Crippen LogP contribution in [0.25, 0.3) is 0 Å². The van der Waals surface area contributed by atoms with Gasteiger partial charge in [-0.2, -0.15) is 0 Å². The Morgan fingerprint density at radius 3 is 2.33 bits per heavy atom. The molecule has 2 nitrogen and oxygen atoms in total. The Kier molecular flexibility index (Phi) is 8.30. The minimum absolute atomic E-state index is 0.00724. The molecule has 88 valence electrons. The number of hydrogen-bond acceptors (Lipinski definition) is 2. The number of unbranched alkanes of at least 4 members (excludes halogenated alkanes) is 4. The summed E-state index contributed by atoms with van der Waals surface area (Å²) in [6.07, 6.45) is 10.1. The number of carbonyl (C=O) groups is 1. The maximum Gasteiger partial charge on any atom is 0.142 e. The largest absolute Gasteiger partial charge is 0.376 e. The molecule has 0 saturated heterocycles. The average molecular weight is 212 g/mol. The number of aldehydes is 1. The molecule has 0 N–H and O–H groups in total. The molecule has 0 rings (SSSR count). The van der Waals surface area contributed by atoms with Crippen LogP contribution in [0.2, 0.25) is 0 Å². The van der Waals surface area contributed by atoms with E-state index in [2.05, 4.69) is 20.8 Å². The normalized spacial score (nSPS) is 12.2. The van der Waals surface area contributed by atoms with Gasteiger partial charge < -0.3 is 4.74 Å². The van der Waals surface area contributed by atoms with E-state index < -0.39 is 0 Å². The highest BCUT2D eigenvalue weighted by Crippen LogP contribution is 2.09. The van der Waals surface area contributed by atoms with Crippen LogP contribution in [0, 0.1) is 0 Å². The summed E-state index contributed by atoms with van der Waals surface area (Å²) in [5, 5.41) is 0. The van der Waals surface area contributed by atoms with Crippen LogP contribution in [0.15, 0.2) is 12.2 Å². The Balaban J connectivity index is 3.12. The van der Waals surface area contributed by atoms with Gasteiger partial charge in [0.25, 0.3) is 0 Å². The molecule has 0 unspecified atom stereocenters. The standard InChI is InChI=1S/C13H24O2/c1-13(2,3)15-12-10-8-6-4-5-7-9-11-14/h7,9,11H,4-6,8,10,12H2,1-3H3. The zero-order valence-electron chi connectivity index (χ0n) is 10.3. The molecule has 0 bridgehead atoms. The molecular formula is C13H24O2. The van der Waals surface area contributed by atoms with Gasteiger partial charge in [-0.05, 0) is 46.1 Å². The Hall–Kier alpha value is -0.630. The fraction of sp³-hybridized carbons (Fsp3) is 0.769. The quantitative estimate of drug-likeness (QED) is 0.349. The maximum absolute atomic E-state index is 9.97. The predicted octanol–water partition coefficient (Wildman–Crippen LogP) is 3.51. The summed E-state index contributed by atoms with van der Waals surface area (Å²) < 4.78 is 5.61. The monoisotopic (exact) mass is 212 g/mol. The summed E-state index contributed by atoms with van der Waals surface area (Å²) in [5.74, 6) is 0. The molecule has 0 aliphatic heterocycles. The molecule has 0 aromatic carbocycles. The van der Waals surface area contributed by atoms with Crippen molar-refractivity contribution in [3.05, 3.63) is 12.2 Å². The molecule has 0 aliphatic carbocycles. The third-order valence-corrected chi connectivity index (χ3v) is 2.01. The fourth-order valence-electron chi connectivity index (χ4n) is 1.25. The second-order valence-electron chi connectivity index (χ2n) is 4.73. The molecule has 0 aromatic heterocycles. The molecule has 0 fully saturated rings. The molecule has 0 aliphatic rings. The van der Waals surface area contributed by atoms with Gasteiger partial charge >= 0.3 is 0 Å². The third-order valence-electron chi connectivity index (χ3n) is 2.01. The zero-order chi connectivity index (χ0) is 11.6. The van der Waals surface area contributed by atoms with E-state index in [1.165, 1.54) is 19.3 Å². The predicted molar refractivity (Wildman–Crippen MR) is 64.0 cm³/mol. The Morgan fingerprint density at radius 2 is 1.73 bits per heavy atom. The van der Waals surface area contributed by atoms with E-state index in [9.17, 15) is 4.79 Å². The van der Waals surface area contributed by atoms with Crippen molar-refractivity contribution in [2.24, 2.45) is 0 Å². The molecule has 0 atom stereocenters. The van der Waals surface area contributed by atoms with Crippen molar-refractivity contribution >= 4 is 6.29 Å². The van der Waals surface area contributed by atoms with Crippen LogP contribution >= 0.6 is 0 Å². The minimum Gasteiger partial charge on any atom is -0.376 e. The van der Waals surface area contributed by atoms with Crippen molar-refractivity contribution in [1.82, 2.24) is 0 Å². The smallest absolute Gasteiger partial charge is 0.142 e. The van der Waals surface area contributed by atoms with Gasteiger partial charge in [-0.1, -0.05) is 18.9 Å². The van der Waals surface area contributed by atoms with Crippen LogP contribution in [0.4, 0.5) is 0 Å². The van der Waals surface area contributed by atoms with Crippen LogP contribution in [0.5, 0.6) is 0 Å². The Morgan fingerprint density at radius 1 is 1.07 bits per heavy atom. The van der Waals surface area contributed by atoms with Gasteiger partial charge in [0.05, 0.1) is 5.60 Å². The Labute approximate surface area is 93.7 Å². The summed E-state index contributed by atoms with van der Waals surface area (Å²) in [6, 6.07) is 0. The molecule has 2 heteroatoms. The Bertz CT molecular complexity index is 177. The van der Waals surface area contributed by atoms with Crippen LogP contribution in [-0.2, 0) is 9.53 Å². The van der Waals surface area contributed by atoms with E-state index in [1.807, 2.05) is 6.08 Å². The van der Waals surface area contributed by atoms with Crippen LogP contribution < -0.4 is 0 Å². The second-order valence-corrected chi connectivity index (χ2v) is 4.73. The molecule has 0 spiro atoms. The van der Waals surface area contributed by atoms with Crippen molar-refractivity contribution < 1.29 is 9.53 Å². The summed E-state index contributed by atoms with van der Waals surface area (Å²) >= 11 is 0. The zero-order valence-corrected chi connectivity index (χ0v) is 10.3. The number of rotatable bonds is 8. The van der Waals surface area contributed by atoms with E-state index >= 15 is 0 Å². The summed E-state index contributed by atoms with van der Waals surface area (Å²) in [5.41, 5.74) is -0.00724. The van der Waals surface area contributed by atoms with Gasteiger partial charge in [-0.15, -0.1) is 0 Å². The lowest BCUT2D eigenvalue weighted by atomic mass is 10.1. The molecule has 0 aromatic rings. The van der Waals surface area contributed by atoms with E-state index in [-0.39, 0.29) is 5.60 Å². The lowest BCUT2D eigenvalue weighted by Gasteiger charge is -2.19. The topological polar surface area (TPSA) is 26.3 Å². The number of hydrogen-bond donors (Lipinski definition) is 0. The van der Waals surface area contributed by atoms with Crippen molar-refractivity contribution in [2.75, 3.05) is 6.61 Å². The third kappa shape index (κ3) is 13.4. The van der Waals surface area contributed by atoms with Crippen molar-refractivity contribution in [1.29, 1.82) is 0 Å². The van der Waals surface area contributed by atoms with Crippen molar-refractivity contribution in [2.45, 2.75) is 58.5 Å². The van der Waals surface area contributed by atoms with E-state index in [0.717, 1.165) is 25.7 Å². The van der Waals surface area contributed by atoms with Gasteiger partial charge in [0.1, 0.15) is 6.29 Å². The summed E-state index contributed by atoms with van der Waals surface area (Å²) in [7, 11) is 0. The molecule has 0 amide bonds. The molecule has 0 saturated carbocycles. The molecule has 0 radical (unpaired) electrons. The summed E-state index contributed by atoms with van der Waals surface area (Å²) in [6.45, 7) is 7.10. The van der Waals surface area contributed by atoms with Gasteiger partial charge in [0, 0.05) is 6.61 Å². The number of carbonyl (C=O) groups excluding carboxylic acids is 1. The van der Waals surface area contributed by atoms with Gasteiger partial charge in [0.15, 0.2) is 0 Å². The SMILES string of the molecule is CC(C)(C)OCCCCCCC=CC=O. The summed E-state index contributed by atoms with van der Waals surface area (Å²) in [4.78, 5) is 9.97. The van der Waals surface area contributed by atoms with Gasteiger partial charge in [-0.25, -0.2) is 0 Å². The van der Waals surface area contributed by atoms with Gasteiger partial charge in [-0.3, -0.25) is 4.79 Å². The lowest BCUT2D eigenvalue weighted by molar-refractivity contribution is -0.104. The van der Waals surface area contributed by atoms with E-state index in [4.69, 9.17) is 4.74 Å². The lowest BCUT2D eigenvalue weighted by Crippen LogP contribution is -2.19. The van der Waals surface area contributed by atoms with Gasteiger partial charge in [0.2, 0.25) is 0 Å². The first-order valence-electron chi connectivity index (χ1n) is 5.80. The molecule has 15 heavy (non-hydrogen) atoms. The second kappa shape index (κ2) is 8.66. The maximum atomic E-state index is 9.97. The van der Waals surface area contributed by atoms with E-state index in [0.29, 0.717) is 0 Å². The number of allylic oxidation sites excluding steroid dienone is 2. The minimum atomic E-state index is -0.00724. The van der Waals surface area contributed by atoms with Crippen molar-refractivity contribution in [3.8, 4) is 0 Å². The molecule has 0 heterocycles. The first kappa shape index (κ1) is 14.4. The first-order valence-corrected chi connectivity index (χ1v) is 5.80. The van der Waals surface area contributed by atoms with Crippen molar-refractivity contribution in [3.63, 3.8) is 0 Å². The highest BCUT2D eigenvalue weighted by molar-refractivity contribution is 5.64. The highest BCUT2D eigenvalue weighted by Gasteiger charge is 2.08. The number of ether oxygens (including phenoxy) is 1. The first-order chi connectivity index (χ1) is 7.06. The average Bonchev–Trinajstić information content (AvgIpc) is 2.14. The van der Waals surface area contributed by atoms with Crippen LogP contribution in [-0.4, -0.2) is 18.5 Å². The van der Waals surface area contributed by atoms with Crippen LogP contribution in [0.1, 0.15) is 52.9 Å².